The van der Waals surface area contributed by atoms with Crippen molar-refractivity contribution < 1.29 is 23.0 Å². The number of ether oxygens (including phenoxy) is 1. The van der Waals surface area contributed by atoms with Gasteiger partial charge in [0.1, 0.15) is 12.4 Å². The summed E-state index contributed by atoms with van der Waals surface area (Å²) >= 11 is 0. The third-order valence-electron chi connectivity index (χ3n) is 2.90. The molecule has 22 heavy (non-hydrogen) atoms. The number of aliphatic hydroxyl groups is 1. The minimum absolute atomic E-state index is 0.117. The van der Waals surface area contributed by atoms with Crippen molar-refractivity contribution in [3.63, 3.8) is 0 Å². The first-order valence-corrected chi connectivity index (χ1v) is 6.72. The van der Waals surface area contributed by atoms with Gasteiger partial charge in [0.2, 0.25) is 0 Å². The summed E-state index contributed by atoms with van der Waals surface area (Å²) in [6, 6.07) is 7.27. The molecule has 0 radical (unpaired) electrons. The van der Waals surface area contributed by atoms with Crippen LogP contribution in [0.2, 0.25) is 0 Å². The number of anilines is 1. The van der Waals surface area contributed by atoms with Crippen LogP contribution in [0.5, 0.6) is 0 Å². The fourth-order valence-corrected chi connectivity index (χ4v) is 1.92. The van der Waals surface area contributed by atoms with Gasteiger partial charge in [0, 0.05) is 13.1 Å². The summed E-state index contributed by atoms with van der Waals surface area (Å²) in [5.41, 5.74) is 1.41. The van der Waals surface area contributed by atoms with Crippen LogP contribution in [-0.4, -0.2) is 54.2 Å². The molecule has 1 N–H and O–H groups in total. The van der Waals surface area contributed by atoms with Gasteiger partial charge in [-0.25, -0.2) is 4.98 Å². The molecule has 0 aliphatic heterocycles. The lowest BCUT2D eigenvalue weighted by atomic mass is 10.3. The highest BCUT2D eigenvalue weighted by Gasteiger charge is 2.27. The molecular weight excluding hydrogens is 299 g/mol. The zero-order valence-corrected chi connectivity index (χ0v) is 11.8. The van der Waals surface area contributed by atoms with Gasteiger partial charge in [0.15, 0.2) is 0 Å². The highest BCUT2D eigenvalue weighted by atomic mass is 19.4. The molecule has 0 spiro atoms. The molecular formula is C14H16F3N3O2. The van der Waals surface area contributed by atoms with Gasteiger partial charge in [0.05, 0.1) is 30.4 Å². The molecule has 0 fully saturated rings. The van der Waals surface area contributed by atoms with Crippen molar-refractivity contribution in [3.8, 4) is 0 Å². The lowest BCUT2D eigenvalue weighted by Crippen LogP contribution is -2.32. The number of nitrogens with zero attached hydrogens (tertiary/aromatic N) is 3. The van der Waals surface area contributed by atoms with E-state index in [0.717, 1.165) is 5.52 Å². The standard InChI is InChI=1S/C14H16F3N3O2/c15-14(16,17)10-22-8-6-20(5-7-21)13-9-18-11-3-1-2-4-12(11)19-13/h1-4,9,21H,5-8,10H2. The second-order valence-electron chi connectivity index (χ2n) is 4.60. The molecule has 2 aromatic rings. The number of hydrogen-bond donors (Lipinski definition) is 1. The van der Waals surface area contributed by atoms with Crippen molar-refractivity contribution in [2.45, 2.75) is 6.18 Å². The van der Waals surface area contributed by atoms with Crippen molar-refractivity contribution in [1.29, 1.82) is 0 Å². The smallest absolute Gasteiger partial charge is 0.395 e. The third kappa shape index (κ3) is 4.81. The molecule has 0 aliphatic rings. The Bertz CT molecular complexity index is 607. The topological polar surface area (TPSA) is 58.5 Å². The second kappa shape index (κ2) is 7.37. The van der Waals surface area contributed by atoms with Gasteiger partial charge in [-0.15, -0.1) is 0 Å². The second-order valence-corrected chi connectivity index (χ2v) is 4.60. The summed E-state index contributed by atoms with van der Waals surface area (Å²) in [5, 5.41) is 9.09. The van der Waals surface area contributed by atoms with Gasteiger partial charge in [-0.05, 0) is 12.1 Å². The average molecular weight is 315 g/mol. The predicted octanol–water partition coefficient (Wildman–Crippen LogP) is 2.01. The van der Waals surface area contributed by atoms with Crippen molar-refractivity contribution in [1.82, 2.24) is 9.97 Å². The van der Waals surface area contributed by atoms with Gasteiger partial charge < -0.3 is 14.7 Å². The molecule has 0 amide bonds. The van der Waals surface area contributed by atoms with Crippen LogP contribution in [-0.2, 0) is 4.74 Å². The first-order valence-electron chi connectivity index (χ1n) is 6.72. The average Bonchev–Trinajstić information content (AvgIpc) is 2.49. The highest BCUT2D eigenvalue weighted by molar-refractivity contribution is 5.75. The van der Waals surface area contributed by atoms with E-state index >= 15 is 0 Å². The number of rotatable bonds is 7. The van der Waals surface area contributed by atoms with E-state index in [9.17, 15) is 13.2 Å². The van der Waals surface area contributed by atoms with E-state index < -0.39 is 12.8 Å². The normalized spacial score (nSPS) is 11.8. The molecule has 0 aliphatic carbocycles. The van der Waals surface area contributed by atoms with Crippen LogP contribution in [0.4, 0.5) is 19.0 Å². The van der Waals surface area contributed by atoms with E-state index in [-0.39, 0.29) is 26.3 Å². The number of aliphatic hydroxyl groups excluding tert-OH is 1. The fourth-order valence-electron chi connectivity index (χ4n) is 1.92. The molecule has 1 heterocycles. The highest BCUT2D eigenvalue weighted by Crippen LogP contribution is 2.16. The van der Waals surface area contributed by atoms with E-state index in [0.29, 0.717) is 11.3 Å². The van der Waals surface area contributed by atoms with Gasteiger partial charge in [-0.1, -0.05) is 12.1 Å². The van der Waals surface area contributed by atoms with Crippen LogP contribution in [0, 0.1) is 0 Å². The molecule has 0 bridgehead atoms. The Morgan fingerprint density at radius 2 is 1.86 bits per heavy atom. The molecule has 8 heteroatoms. The van der Waals surface area contributed by atoms with E-state index in [1.54, 1.807) is 11.0 Å². The molecule has 0 saturated carbocycles. The maximum absolute atomic E-state index is 12.0. The zero-order chi connectivity index (χ0) is 16.0. The number of hydrogen-bond acceptors (Lipinski definition) is 5. The Kier molecular flexibility index (Phi) is 5.51. The summed E-state index contributed by atoms with van der Waals surface area (Å²) < 4.78 is 40.7. The molecule has 0 saturated heterocycles. The van der Waals surface area contributed by atoms with Crippen molar-refractivity contribution in [2.75, 3.05) is 37.8 Å². The molecule has 2 rings (SSSR count). The van der Waals surface area contributed by atoms with Crippen LogP contribution in [0.3, 0.4) is 0 Å². The quantitative estimate of drug-likeness (QED) is 0.792. The molecule has 5 nitrogen and oxygen atoms in total. The number of halogens is 3. The monoisotopic (exact) mass is 315 g/mol. The largest absolute Gasteiger partial charge is 0.411 e. The number of alkyl halides is 3. The number of benzene rings is 1. The fraction of sp³-hybridized carbons (Fsp3) is 0.429. The van der Waals surface area contributed by atoms with Gasteiger partial charge in [0.25, 0.3) is 0 Å². The first-order chi connectivity index (χ1) is 10.5. The number of para-hydroxylation sites is 2. The SMILES string of the molecule is OCCN(CCOCC(F)(F)F)c1cnc2ccccc2n1. The summed E-state index contributed by atoms with van der Waals surface area (Å²) in [7, 11) is 0. The molecule has 0 atom stereocenters. The Hall–Kier alpha value is -1.93. The van der Waals surface area contributed by atoms with E-state index in [1.807, 2.05) is 18.2 Å². The number of fused-ring (bicyclic) bond motifs is 1. The van der Waals surface area contributed by atoms with Crippen LogP contribution < -0.4 is 4.90 Å². The summed E-state index contributed by atoms with van der Waals surface area (Å²) in [4.78, 5) is 10.3. The van der Waals surface area contributed by atoms with Gasteiger partial charge in [-0.3, -0.25) is 4.98 Å². The summed E-state index contributed by atoms with van der Waals surface area (Å²) in [6.07, 6.45) is -2.81. The van der Waals surface area contributed by atoms with E-state index in [1.165, 1.54) is 6.20 Å². The predicted molar refractivity (Wildman–Crippen MR) is 75.7 cm³/mol. The number of aromatic nitrogens is 2. The van der Waals surface area contributed by atoms with Crippen LogP contribution in [0.15, 0.2) is 30.5 Å². The molecule has 120 valence electrons. The minimum Gasteiger partial charge on any atom is -0.395 e. The lowest BCUT2D eigenvalue weighted by Gasteiger charge is -2.22. The van der Waals surface area contributed by atoms with Crippen molar-refractivity contribution in [2.24, 2.45) is 0 Å². The maximum Gasteiger partial charge on any atom is 0.411 e. The molecule has 1 aromatic carbocycles. The summed E-state index contributed by atoms with van der Waals surface area (Å²) in [6.45, 7) is -1.13. The minimum atomic E-state index is -4.34. The van der Waals surface area contributed by atoms with Crippen LogP contribution in [0.1, 0.15) is 0 Å². The first kappa shape index (κ1) is 16.4. The Morgan fingerprint density at radius 3 is 2.55 bits per heavy atom. The van der Waals surface area contributed by atoms with Crippen molar-refractivity contribution >= 4 is 16.9 Å². The van der Waals surface area contributed by atoms with Gasteiger partial charge in [-0.2, -0.15) is 13.2 Å². The Balaban J connectivity index is 2.02. The maximum atomic E-state index is 12.0. The van der Waals surface area contributed by atoms with Crippen molar-refractivity contribution in [3.05, 3.63) is 30.5 Å². The van der Waals surface area contributed by atoms with Crippen LogP contribution >= 0.6 is 0 Å². The Labute approximate surface area is 125 Å². The van der Waals surface area contributed by atoms with Crippen LogP contribution in [0.25, 0.3) is 11.0 Å². The zero-order valence-electron chi connectivity index (χ0n) is 11.8. The molecule has 0 unspecified atom stereocenters. The van der Waals surface area contributed by atoms with Gasteiger partial charge >= 0.3 is 6.18 Å². The lowest BCUT2D eigenvalue weighted by molar-refractivity contribution is -0.173. The van der Waals surface area contributed by atoms with E-state index in [4.69, 9.17) is 5.11 Å². The third-order valence-corrected chi connectivity index (χ3v) is 2.90. The molecule has 1 aromatic heterocycles. The summed E-state index contributed by atoms with van der Waals surface area (Å²) in [5.74, 6) is 0.489. The van der Waals surface area contributed by atoms with E-state index in [2.05, 4.69) is 14.7 Å². The Morgan fingerprint density at radius 1 is 1.14 bits per heavy atom.